The summed E-state index contributed by atoms with van der Waals surface area (Å²) in [4.78, 5) is 0. The molecule has 1 aliphatic carbocycles. The average Bonchev–Trinajstić information content (AvgIpc) is 2.22. The molecule has 0 saturated heterocycles. The van der Waals surface area contributed by atoms with Gasteiger partial charge >= 0.3 is 0 Å². The standard InChI is InChI=1S/C10H22N2O4S2/c1-17(13,14)10-5-3-4-9(8-10)11-6-7-12-18(2,15)16/h9-12H,3-8H2,1-2H3. The van der Waals surface area contributed by atoms with E-state index < -0.39 is 19.9 Å². The summed E-state index contributed by atoms with van der Waals surface area (Å²) in [6, 6.07) is 0.167. The molecule has 0 heterocycles. The fourth-order valence-electron chi connectivity index (χ4n) is 2.23. The Morgan fingerprint density at radius 3 is 2.28 bits per heavy atom. The lowest BCUT2D eigenvalue weighted by molar-refractivity contribution is 0.374. The molecular formula is C10H22N2O4S2. The van der Waals surface area contributed by atoms with Crippen LogP contribution in [0.1, 0.15) is 25.7 Å². The molecule has 1 aliphatic rings. The monoisotopic (exact) mass is 298 g/mol. The zero-order chi connectivity index (χ0) is 13.8. The van der Waals surface area contributed by atoms with Crippen LogP contribution >= 0.6 is 0 Å². The summed E-state index contributed by atoms with van der Waals surface area (Å²) in [6.07, 6.45) is 5.61. The minimum Gasteiger partial charge on any atom is -0.313 e. The average molecular weight is 298 g/mol. The van der Waals surface area contributed by atoms with E-state index >= 15 is 0 Å². The van der Waals surface area contributed by atoms with E-state index in [0.29, 0.717) is 19.5 Å². The number of sulfone groups is 1. The van der Waals surface area contributed by atoms with Crippen LogP contribution in [-0.4, -0.2) is 53.7 Å². The van der Waals surface area contributed by atoms with Crippen LogP contribution in [0.5, 0.6) is 0 Å². The third-order valence-corrected chi connectivity index (χ3v) is 5.52. The Kier molecular flexibility index (Phi) is 5.57. The molecule has 2 unspecified atom stereocenters. The number of nitrogens with one attached hydrogen (secondary N) is 2. The summed E-state index contributed by atoms with van der Waals surface area (Å²) in [7, 11) is -6.11. The predicted molar refractivity (Wildman–Crippen MR) is 71.7 cm³/mol. The van der Waals surface area contributed by atoms with Crippen molar-refractivity contribution < 1.29 is 16.8 Å². The highest BCUT2D eigenvalue weighted by atomic mass is 32.2. The Labute approximate surface area is 110 Å². The first kappa shape index (κ1) is 15.9. The zero-order valence-electron chi connectivity index (χ0n) is 10.8. The second-order valence-corrected chi connectivity index (χ2v) is 9.09. The van der Waals surface area contributed by atoms with Gasteiger partial charge in [0.2, 0.25) is 10.0 Å². The van der Waals surface area contributed by atoms with Crippen LogP contribution < -0.4 is 10.0 Å². The van der Waals surface area contributed by atoms with Gasteiger partial charge in [0.1, 0.15) is 9.84 Å². The largest absolute Gasteiger partial charge is 0.313 e. The molecule has 108 valence electrons. The molecule has 1 fully saturated rings. The van der Waals surface area contributed by atoms with E-state index in [9.17, 15) is 16.8 Å². The van der Waals surface area contributed by atoms with Gasteiger partial charge in [-0.2, -0.15) is 0 Å². The Morgan fingerprint density at radius 1 is 1.06 bits per heavy atom. The fourth-order valence-corrected chi connectivity index (χ4v) is 3.88. The van der Waals surface area contributed by atoms with Gasteiger partial charge in [0, 0.05) is 25.4 Å². The Hall–Kier alpha value is -0.180. The second-order valence-electron chi connectivity index (χ2n) is 4.94. The maximum atomic E-state index is 11.5. The van der Waals surface area contributed by atoms with Gasteiger partial charge < -0.3 is 5.32 Å². The van der Waals surface area contributed by atoms with Crippen LogP contribution in [0.4, 0.5) is 0 Å². The lowest BCUT2D eigenvalue weighted by Crippen LogP contribution is -2.41. The Bertz CT molecular complexity index is 458. The summed E-state index contributed by atoms with van der Waals surface area (Å²) in [6.45, 7) is 0.854. The number of sulfonamides is 1. The van der Waals surface area contributed by atoms with E-state index in [1.165, 1.54) is 6.26 Å². The topological polar surface area (TPSA) is 92.3 Å². The predicted octanol–water partition coefficient (Wildman–Crippen LogP) is -0.519. The highest BCUT2D eigenvalue weighted by molar-refractivity contribution is 7.91. The van der Waals surface area contributed by atoms with Gasteiger partial charge in [-0.05, 0) is 19.3 Å². The SMILES string of the molecule is CS(=O)(=O)NCCNC1CCCC(S(C)(=O)=O)C1. The van der Waals surface area contributed by atoms with Crippen LogP contribution in [0.25, 0.3) is 0 Å². The van der Waals surface area contributed by atoms with Gasteiger partial charge in [-0.3, -0.25) is 0 Å². The summed E-state index contributed by atoms with van der Waals surface area (Å²) < 4.78 is 47.0. The molecule has 0 spiro atoms. The molecule has 0 aliphatic heterocycles. The molecule has 2 N–H and O–H groups in total. The van der Waals surface area contributed by atoms with Crippen molar-refractivity contribution in [1.82, 2.24) is 10.0 Å². The van der Waals surface area contributed by atoms with Crippen molar-refractivity contribution in [3.63, 3.8) is 0 Å². The molecule has 0 aromatic carbocycles. The van der Waals surface area contributed by atoms with E-state index in [-0.39, 0.29) is 11.3 Å². The first-order chi connectivity index (χ1) is 8.18. The van der Waals surface area contributed by atoms with Gasteiger partial charge in [0.15, 0.2) is 0 Å². The zero-order valence-corrected chi connectivity index (χ0v) is 12.5. The summed E-state index contributed by atoms with van der Waals surface area (Å²) in [5.41, 5.74) is 0. The van der Waals surface area contributed by atoms with Crippen LogP contribution in [0.2, 0.25) is 0 Å². The van der Waals surface area contributed by atoms with E-state index in [2.05, 4.69) is 10.0 Å². The van der Waals surface area contributed by atoms with Crippen molar-refractivity contribution >= 4 is 19.9 Å². The van der Waals surface area contributed by atoms with Crippen molar-refractivity contribution in [3.05, 3.63) is 0 Å². The lowest BCUT2D eigenvalue weighted by atomic mass is 9.95. The van der Waals surface area contributed by atoms with Crippen LogP contribution in [0, 0.1) is 0 Å². The molecule has 6 nitrogen and oxygen atoms in total. The third-order valence-electron chi connectivity index (χ3n) is 3.15. The molecule has 0 amide bonds. The van der Waals surface area contributed by atoms with Crippen molar-refractivity contribution in [1.29, 1.82) is 0 Å². The molecule has 1 rings (SSSR count). The first-order valence-corrected chi connectivity index (χ1v) is 9.90. The van der Waals surface area contributed by atoms with E-state index in [1.807, 2.05) is 0 Å². The van der Waals surface area contributed by atoms with Crippen molar-refractivity contribution in [3.8, 4) is 0 Å². The van der Waals surface area contributed by atoms with E-state index in [0.717, 1.165) is 25.5 Å². The lowest BCUT2D eigenvalue weighted by Gasteiger charge is -2.28. The van der Waals surface area contributed by atoms with Crippen LogP contribution in [-0.2, 0) is 19.9 Å². The molecule has 1 saturated carbocycles. The second kappa shape index (κ2) is 6.31. The van der Waals surface area contributed by atoms with Gasteiger partial charge in [-0.25, -0.2) is 21.6 Å². The van der Waals surface area contributed by atoms with Gasteiger partial charge in [-0.15, -0.1) is 0 Å². The Morgan fingerprint density at radius 2 is 1.72 bits per heavy atom. The molecule has 2 atom stereocenters. The number of hydrogen-bond acceptors (Lipinski definition) is 5. The van der Waals surface area contributed by atoms with Crippen LogP contribution in [0.3, 0.4) is 0 Å². The molecule has 0 aromatic heterocycles. The van der Waals surface area contributed by atoms with Gasteiger partial charge in [0.25, 0.3) is 0 Å². The van der Waals surface area contributed by atoms with E-state index in [1.54, 1.807) is 0 Å². The highest BCUT2D eigenvalue weighted by Crippen LogP contribution is 2.23. The van der Waals surface area contributed by atoms with E-state index in [4.69, 9.17) is 0 Å². The minimum absolute atomic E-state index is 0.167. The summed E-state index contributed by atoms with van der Waals surface area (Å²) in [5, 5.41) is 2.95. The molecule has 18 heavy (non-hydrogen) atoms. The smallest absolute Gasteiger partial charge is 0.208 e. The Balaban J connectivity index is 2.31. The van der Waals surface area contributed by atoms with Crippen LogP contribution in [0.15, 0.2) is 0 Å². The van der Waals surface area contributed by atoms with Gasteiger partial charge in [-0.1, -0.05) is 6.42 Å². The van der Waals surface area contributed by atoms with Gasteiger partial charge in [0.05, 0.1) is 11.5 Å². The summed E-state index contributed by atoms with van der Waals surface area (Å²) >= 11 is 0. The first-order valence-electron chi connectivity index (χ1n) is 6.05. The number of hydrogen-bond donors (Lipinski definition) is 2. The van der Waals surface area contributed by atoms with Crippen molar-refractivity contribution in [2.45, 2.75) is 37.0 Å². The normalized spacial score (nSPS) is 26.1. The molecule has 0 bridgehead atoms. The third kappa shape index (κ3) is 6.12. The molecule has 0 aromatic rings. The summed E-state index contributed by atoms with van der Waals surface area (Å²) in [5.74, 6) is 0. The van der Waals surface area contributed by atoms with Crippen molar-refractivity contribution in [2.75, 3.05) is 25.6 Å². The molecule has 0 radical (unpaired) electrons. The maximum Gasteiger partial charge on any atom is 0.208 e. The molecular weight excluding hydrogens is 276 g/mol. The number of rotatable bonds is 6. The molecule has 8 heteroatoms. The van der Waals surface area contributed by atoms with Crippen molar-refractivity contribution in [2.24, 2.45) is 0 Å². The highest BCUT2D eigenvalue weighted by Gasteiger charge is 2.28. The fraction of sp³-hybridized carbons (Fsp3) is 1.00. The maximum absolute atomic E-state index is 11.5. The quantitative estimate of drug-likeness (QED) is 0.644. The minimum atomic E-state index is -3.15.